The number of benzene rings is 1. The van der Waals surface area contributed by atoms with E-state index in [1.165, 1.54) is 12.3 Å². The highest BCUT2D eigenvalue weighted by Gasteiger charge is 2.40. The molecule has 1 aromatic heterocycles. The van der Waals surface area contributed by atoms with Crippen molar-refractivity contribution in [2.45, 2.75) is 57.3 Å². The van der Waals surface area contributed by atoms with E-state index >= 15 is 0 Å². The van der Waals surface area contributed by atoms with Crippen molar-refractivity contribution in [3.8, 4) is 17.0 Å². The molecule has 7 nitrogen and oxygen atoms in total. The molecule has 1 aliphatic carbocycles. The fraction of sp³-hybridized carbons (Fsp3) is 0.500. The molecule has 4 rings (SSSR count). The van der Waals surface area contributed by atoms with Crippen LogP contribution in [0.3, 0.4) is 0 Å². The summed E-state index contributed by atoms with van der Waals surface area (Å²) in [6.45, 7) is 2.90. The third kappa shape index (κ3) is 5.25. The Bertz CT molecular complexity index is 991. The molecular formula is C24H28F2N2O5. The van der Waals surface area contributed by atoms with E-state index in [4.69, 9.17) is 14.2 Å². The number of nitrogens with zero attached hydrogens (tertiary/aromatic N) is 1. The Balaban J connectivity index is 1.73. The van der Waals surface area contributed by atoms with Crippen LogP contribution in [0, 0.1) is 0 Å². The maximum Gasteiger partial charge on any atom is 0.329 e. The normalized spacial score (nSPS) is 17.7. The Labute approximate surface area is 191 Å². The van der Waals surface area contributed by atoms with Crippen molar-refractivity contribution in [3.05, 3.63) is 41.6 Å². The van der Waals surface area contributed by atoms with Gasteiger partial charge in [0.15, 0.2) is 0 Å². The molecule has 178 valence electrons. The molecule has 0 atom stereocenters. The minimum absolute atomic E-state index is 0.0980. The topological polar surface area (TPSA) is 89.9 Å². The lowest BCUT2D eigenvalue weighted by molar-refractivity contribution is -0.145. The smallest absolute Gasteiger partial charge is 0.329 e. The van der Waals surface area contributed by atoms with E-state index in [-0.39, 0.29) is 36.3 Å². The van der Waals surface area contributed by atoms with Crippen LogP contribution in [0.25, 0.3) is 11.3 Å². The predicted octanol–water partition coefficient (Wildman–Crippen LogP) is 4.81. The SMILES string of the molecule is CCOc1ccnc(-c2ccc(NC3(C(=O)O)CCOCC3)cc2COC2CC2)c1C(F)F. The lowest BCUT2D eigenvalue weighted by Gasteiger charge is -2.35. The number of hydrogen-bond acceptors (Lipinski definition) is 6. The minimum atomic E-state index is -2.78. The van der Waals surface area contributed by atoms with Gasteiger partial charge in [0, 0.05) is 43.5 Å². The summed E-state index contributed by atoms with van der Waals surface area (Å²) < 4.78 is 44.7. The molecule has 1 saturated heterocycles. The summed E-state index contributed by atoms with van der Waals surface area (Å²) in [5.41, 5.74) is 0.472. The molecule has 2 aliphatic rings. The maximum absolute atomic E-state index is 14.0. The monoisotopic (exact) mass is 462 g/mol. The first kappa shape index (κ1) is 23.4. The maximum atomic E-state index is 14.0. The van der Waals surface area contributed by atoms with Crippen LogP contribution in [0.15, 0.2) is 30.5 Å². The van der Waals surface area contributed by atoms with Crippen molar-refractivity contribution in [3.63, 3.8) is 0 Å². The van der Waals surface area contributed by atoms with Crippen molar-refractivity contribution in [2.24, 2.45) is 0 Å². The summed E-state index contributed by atoms with van der Waals surface area (Å²) in [5.74, 6) is -0.850. The van der Waals surface area contributed by atoms with E-state index in [1.54, 1.807) is 25.1 Å². The zero-order chi connectivity index (χ0) is 23.4. The van der Waals surface area contributed by atoms with E-state index < -0.39 is 17.9 Å². The molecule has 2 heterocycles. The first-order valence-electron chi connectivity index (χ1n) is 11.2. The Morgan fingerprint density at radius 2 is 2.06 bits per heavy atom. The standard InChI is InChI=1S/C24H28F2N2O5/c1-2-32-19-7-10-27-21(20(19)22(25)26)18-6-3-16(13-15(18)14-33-17-4-5-17)28-24(23(29)30)8-11-31-12-9-24/h3,6-7,10,13,17,22,28H,2,4-5,8-9,11-12,14H2,1H3,(H,29,30). The number of nitrogens with one attached hydrogen (secondary N) is 1. The van der Waals surface area contributed by atoms with Gasteiger partial charge in [0.05, 0.1) is 30.6 Å². The number of halogens is 2. The fourth-order valence-corrected chi connectivity index (χ4v) is 4.02. The molecule has 1 aliphatic heterocycles. The van der Waals surface area contributed by atoms with Gasteiger partial charge in [-0.15, -0.1) is 0 Å². The van der Waals surface area contributed by atoms with Crippen LogP contribution in [-0.4, -0.2) is 47.5 Å². The molecule has 0 radical (unpaired) electrons. The Morgan fingerprint density at radius 3 is 2.70 bits per heavy atom. The number of pyridine rings is 1. The number of carbonyl (C=O) groups is 1. The van der Waals surface area contributed by atoms with Crippen molar-refractivity contribution in [1.82, 2.24) is 4.98 Å². The van der Waals surface area contributed by atoms with Crippen LogP contribution in [0.1, 0.15) is 50.2 Å². The van der Waals surface area contributed by atoms with Gasteiger partial charge in [-0.1, -0.05) is 6.07 Å². The number of aromatic nitrogens is 1. The van der Waals surface area contributed by atoms with Crippen molar-refractivity contribution in [1.29, 1.82) is 0 Å². The van der Waals surface area contributed by atoms with Gasteiger partial charge in [-0.3, -0.25) is 4.98 Å². The number of carboxylic acids is 1. The Hall–Kier alpha value is -2.78. The number of anilines is 1. The first-order valence-corrected chi connectivity index (χ1v) is 11.2. The largest absolute Gasteiger partial charge is 0.493 e. The molecule has 0 bridgehead atoms. The summed E-state index contributed by atoms with van der Waals surface area (Å²) in [6.07, 6.45) is 1.42. The zero-order valence-corrected chi connectivity index (χ0v) is 18.5. The number of ether oxygens (including phenoxy) is 3. The lowest BCUT2D eigenvalue weighted by Crippen LogP contribution is -2.50. The average Bonchev–Trinajstić information content (AvgIpc) is 3.63. The molecule has 9 heteroatoms. The molecule has 2 fully saturated rings. The van der Waals surface area contributed by atoms with Crippen molar-refractivity contribution in [2.75, 3.05) is 25.1 Å². The van der Waals surface area contributed by atoms with Gasteiger partial charge in [-0.05, 0) is 43.5 Å². The number of alkyl halides is 2. The molecule has 33 heavy (non-hydrogen) atoms. The lowest BCUT2D eigenvalue weighted by atomic mass is 9.89. The van der Waals surface area contributed by atoms with E-state index in [0.29, 0.717) is 42.9 Å². The highest BCUT2D eigenvalue weighted by molar-refractivity contribution is 5.83. The van der Waals surface area contributed by atoms with Gasteiger partial charge < -0.3 is 24.6 Å². The van der Waals surface area contributed by atoms with Crippen molar-refractivity contribution < 1.29 is 32.9 Å². The van der Waals surface area contributed by atoms with Crippen LogP contribution in [0.4, 0.5) is 14.5 Å². The molecule has 2 N–H and O–H groups in total. The summed E-state index contributed by atoms with van der Waals surface area (Å²) in [5, 5.41) is 13.0. The molecule has 0 amide bonds. The van der Waals surface area contributed by atoms with Crippen molar-refractivity contribution >= 4 is 11.7 Å². The number of rotatable bonds is 10. The molecule has 2 aromatic rings. The highest BCUT2D eigenvalue weighted by atomic mass is 19.3. The number of carboxylic acid groups (broad SMARTS) is 1. The van der Waals surface area contributed by atoms with Gasteiger partial charge in [-0.25, -0.2) is 13.6 Å². The number of aliphatic carboxylic acids is 1. The van der Waals surface area contributed by atoms with E-state index in [9.17, 15) is 18.7 Å². The van der Waals surface area contributed by atoms with E-state index in [1.807, 2.05) is 0 Å². The van der Waals surface area contributed by atoms with Crippen LogP contribution in [0.2, 0.25) is 0 Å². The predicted molar refractivity (Wildman–Crippen MR) is 118 cm³/mol. The van der Waals surface area contributed by atoms with Gasteiger partial charge in [0.1, 0.15) is 11.3 Å². The minimum Gasteiger partial charge on any atom is -0.493 e. The van der Waals surface area contributed by atoms with E-state index in [2.05, 4.69) is 10.3 Å². The van der Waals surface area contributed by atoms with E-state index in [0.717, 1.165) is 12.8 Å². The van der Waals surface area contributed by atoms with Gasteiger partial charge in [-0.2, -0.15) is 0 Å². The second-order valence-electron chi connectivity index (χ2n) is 8.31. The summed E-state index contributed by atoms with van der Waals surface area (Å²) in [4.78, 5) is 16.3. The van der Waals surface area contributed by atoms with Crippen LogP contribution in [-0.2, 0) is 20.9 Å². The van der Waals surface area contributed by atoms with Crippen LogP contribution >= 0.6 is 0 Å². The molecule has 0 spiro atoms. The highest BCUT2D eigenvalue weighted by Crippen LogP contribution is 2.39. The summed E-state index contributed by atoms with van der Waals surface area (Å²) in [7, 11) is 0. The Kier molecular flexibility index (Phi) is 7.09. The second-order valence-corrected chi connectivity index (χ2v) is 8.31. The van der Waals surface area contributed by atoms with Gasteiger partial charge >= 0.3 is 5.97 Å². The zero-order valence-electron chi connectivity index (χ0n) is 18.5. The van der Waals surface area contributed by atoms with Gasteiger partial charge in [0.25, 0.3) is 6.43 Å². The van der Waals surface area contributed by atoms with Crippen LogP contribution in [0.5, 0.6) is 5.75 Å². The second kappa shape index (κ2) is 10.0. The quantitative estimate of drug-likeness (QED) is 0.524. The molecular weight excluding hydrogens is 434 g/mol. The summed E-state index contributed by atoms with van der Waals surface area (Å²) >= 11 is 0. The Morgan fingerprint density at radius 1 is 1.30 bits per heavy atom. The molecule has 1 saturated carbocycles. The third-order valence-corrected chi connectivity index (χ3v) is 5.97. The van der Waals surface area contributed by atoms with Gasteiger partial charge in [0.2, 0.25) is 0 Å². The summed E-state index contributed by atoms with van der Waals surface area (Å²) in [6, 6.07) is 6.59. The third-order valence-electron chi connectivity index (χ3n) is 5.97. The number of hydrogen-bond donors (Lipinski definition) is 2. The average molecular weight is 462 g/mol. The van der Waals surface area contributed by atoms with Crippen LogP contribution < -0.4 is 10.1 Å². The molecule has 0 unspecified atom stereocenters. The molecule has 1 aromatic carbocycles. The fourth-order valence-electron chi connectivity index (χ4n) is 4.02. The first-order chi connectivity index (χ1) is 15.9.